The van der Waals surface area contributed by atoms with Crippen molar-refractivity contribution < 1.29 is 15.0 Å². The van der Waals surface area contributed by atoms with Crippen molar-refractivity contribution in [1.29, 1.82) is 0 Å². The number of anilines is 1. The largest absolute Gasteiger partial charge is 0.395 e. The van der Waals surface area contributed by atoms with Gasteiger partial charge >= 0.3 is 0 Å². The van der Waals surface area contributed by atoms with E-state index in [0.29, 0.717) is 12.1 Å². The van der Waals surface area contributed by atoms with Gasteiger partial charge in [-0.25, -0.2) is 4.98 Å². The summed E-state index contributed by atoms with van der Waals surface area (Å²) in [5, 5.41) is 21.3. The summed E-state index contributed by atoms with van der Waals surface area (Å²) in [6, 6.07) is 0. The summed E-state index contributed by atoms with van der Waals surface area (Å²) in [7, 11) is 0. The van der Waals surface area contributed by atoms with E-state index in [2.05, 4.69) is 20.3 Å². The van der Waals surface area contributed by atoms with E-state index in [1.54, 1.807) is 18.4 Å². The number of nitrogens with zero attached hydrogens (tertiary/aromatic N) is 3. The minimum atomic E-state index is -0.635. The number of hydrogen-bond acceptors (Lipinski definition) is 7. The van der Waals surface area contributed by atoms with Crippen molar-refractivity contribution >= 4 is 34.8 Å². The molecule has 24 heavy (non-hydrogen) atoms. The van der Waals surface area contributed by atoms with Crippen LogP contribution in [0.5, 0.6) is 0 Å². The topological polar surface area (TPSA) is 133 Å². The molecule has 0 spiro atoms. The maximum absolute atomic E-state index is 12.1. The van der Waals surface area contributed by atoms with E-state index in [1.807, 2.05) is 0 Å². The average Bonchev–Trinajstić information content (AvgIpc) is 3.10. The minimum absolute atomic E-state index is 0.0650. The fourth-order valence-electron chi connectivity index (χ4n) is 2.51. The van der Waals surface area contributed by atoms with Gasteiger partial charge in [0, 0.05) is 12.3 Å². The van der Waals surface area contributed by atoms with E-state index in [-0.39, 0.29) is 40.5 Å². The standard InChI is InChI=1S/C14H19N5O4S/c1-6(2)12(22)17-14-16-11-10(13(23)18-14)15-5-19(11)9-3-7(21)8(4-20)24-9/h5-9,20-21H,3-4H2,1-2H3,(H2,16,17,18,22,23)/t7-,8+,9+/m0/s1. The van der Waals surface area contributed by atoms with Crippen molar-refractivity contribution in [2.75, 3.05) is 11.9 Å². The van der Waals surface area contributed by atoms with Crippen molar-refractivity contribution in [3.05, 3.63) is 16.7 Å². The lowest BCUT2D eigenvalue weighted by Gasteiger charge is -2.12. The first-order valence-electron chi connectivity index (χ1n) is 7.62. The van der Waals surface area contributed by atoms with Crippen LogP contribution in [0.25, 0.3) is 11.2 Å². The monoisotopic (exact) mass is 353 g/mol. The third-order valence-electron chi connectivity index (χ3n) is 3.89. The van der Waals surface area contributed by atoms with Gasteiger partial charge in [0.05, 0.1) is 29.7 Å². The van der Waals surface area contributed by atoms with E-state index in [9.17, 15) is 19.8 Å². The van der Waals surface area contributed by atoms with E-state index in [0.717, 1.165) is 0 Å². The molecule has 0 radical (unpaired) electrons. The number of imidazole rings is 1. The molecule has 0 unspecified atom stereocenters. The number of carbonyl (C=O) groups excluding carboxylic acids is 1. The second-order valence-corrected chi connectivity index (χ2v) is 7.42. The summed E-state index contributed by atoms with van der Waals surface area (Å²) in [4.78, 5) is 34.8. The summed E-state index contributed by atoms with van der Waals surface area (Å²) < 4.78 is 1.69. The fraction of sp³-hybridized carbons (Fsp3) is 0.571. The zero-order valence-electron chi connectivity index (χ0n) is 13.3. The lowest BCUT2D eigenvalue weighted by Crippen LogP contribution is -2.22. The molecule has 1 amide bonds. The summed E-state index contributed by atoms with van der Waals surface area (Å²) >= 11 is 1.41. The average molecular weight is 353 g/mol. The van der Waals surface area contributed by atoms with Gasteiger partial charge in [0.15, 0.2) is 11.2 Å². The number of fused-ring (bicyclic) bond motifs is 1. The number of aromatic nitrogens is 4. The van der Waals surface area contributed by atoms with Crippen molar-refractivity contribution in [3.8, 4) is 0 Å². The number of thioether (sulfide) groups is 1. The molecular formula is C14H19N5O4S. The highest BCUT2D eigenvalue weighted by molar-refractivity contribution is 8.00. The lowest BCUT2D eigenvalue weighted by molar-refractivity contribution is -0.118. The molecule has 1 aliphatic heterocycles. The number of aromatic amines is 1. The van der Waals surface area contributed by atoms with Crippen molar-refractivity contribution in [1.82, 2.24) is 19.5 Å². The Morgan fingerprint density at radius 2 is 2.33 bits per heavy atom. The zero-order valence-corrected chi connectivity index (χ0v) is 14.1. The molecule has 2 aromatic heterocycles. The molecule has 3 atom stereocenters. The van der Waals surface area contributed by atoms with E-state index in [4.69, 9.17) is 0 Å². The number of carbonyl (C=O) groups is 1. The number of H-pyrrole nitrogens is 1. The van der Waals surface area contributed by atoms with Gasteiger partial charge < -0.3 is 14.8 Å². The van der Waals surface area contributed by atoms with Crippen LogP contribution in [0.2, 0.25) is 0 Å². The molecule has 1 fully saturated rings. The Morgan fingerprint density at radius 1 is 1.58 bits per heavy atom. The molecule has 0 saturated carbocycles. The Labute approximate surface area is 141 Å². The molecule has 3 heterocycles. The van der Waals surface area contributed by atoms with Gasteiger partial charge in [-0.05, 0) is 0 Å². The first-order chi connectivity index (χ1) is 11.4. The third kappa shape index (κ3) is 3.04. The quantitative estimate of drug-likeness (QED) is 0.611. The van der Waals surface area contributed by atoms with E-state index in [1.165, 1.54) is 18.1 Å². The van der Waals surface area contributed by atoms with Gasteiger partial charge in [0.25, 0.3) is 5.56 Å². The lowest BCUT2D eigenvalue weighted by atomic mass is 10.2. The Hall–Kier alpha value is -1.91. The number of hydrogen-bond donors (Lipinski definition) is 4. The van der Waals surface area contributed by atoms with Crippen LogP contribution in [0.1, 0.15) is 25.6 Å². The van der Waals surface area contributed by atoms with Gasteiger partial charge in [-0.1, -0.05) is 13.8 Å². The van der Waals surface area contributed by atoms with Crippen molar-refractivity contribution in [3.63, 3.8) is 0 Å². The predicted molar refractivity (Wildman–Crippen MR) is 89.7 cm³/mol. The minimum Gasteiger partial charge on any atom is -0.395 e. The highest BCUT2D eigenvalue weighted by Crippen LogP contribution is 2.42. The van der Waals surface area contributed by atoms with E-state index < -0.39 is 11.7 Å². The Bertz CT molecular complexity index is 817. The molecule has 3 rings (SSSR count). The molecule has 4 N–H and O–H groups in total. The number of amides is 1. The normalized spacial score (nSPS) is 24.0. The number of rotatable bonds is 4. The van der Waals surface area contributed by atoms with Crippen LogP contribution >= 0.6 is 11.8 Å². The van der Waals surface area contributed by atoms with Crippen LogP contribution in [0.4, 0.5) is 5.95 Å². The molecule has 130 valence electrons. The third-order valence-corrected chi connectivity index (χ3v) is 5.44. The molecular weight excluding hydrogens is 334 g/mol. The second-order valence-electron chi connectivity index (χ2n) is 6.00. The highest BCUT2D eigenvalue weighted by Gasteiger charge is 2.35. The zero-order chi connectivity index (χ0) is 17.4. The molecule has 0 aliphatic carbocycles. The molecule has 0 bridgehead atoms. The molecule has 1 aliphatic rings. The van der Waals surface area contributed by atoms with Gasteiger partial charge in [0.2, 0.25) is 11.9 Å². The summed E-state index contributed by atoms with van der Waals surface area (Å²) in [5.41, 5.74) is 0.0567. The second kappa shape index (κ2) is 6.54. The maximum Gasteiger partial charge on any atom is 0.280 e. The van der Waals surface area contributed by atoms with Crippen LogP contribution < -0.4 is 10.9 Å². The molecule has 1 saturated heterocycles. The van der Waals surface area contributed by atoms with Gasteiger partial charge in [-0.2, -0.15) is 4.98 Å². The molecule has 10 heteroatoms. The van der Waals surface area contributed by atoms with Crippen LogP contribution in [-0.2, 0) is 4.79 Å². The first kappa shape index (κ1) is 16.9. The van der Waals surface area contributed by atoms with Crippen LogP contribution in [-0.4, -0.2) is 53.6 Å². The van der Waals surface area contributed by atoms with Crippen LogP contribution in [0.15, 0.2) is 11.1 Å². The maximum atomic E-state index is 12.1. The van der Waals surface area contributed by atoms with E-state index >= 15 is 0 Å². The smallest absolute Gasteiger partial charge is 0.280 e. The van der Waals surface area contributed by atoms with Crippen molar-refractivity contribution in [2.24, 2.45) is 5.92 Å². The summed E-state index contributed by atoms with van der Waals surface area (Å²) in [6.07, 6.45) is 1.28. The Kier molecular flexibility index (Phi) is 4.61. The molecule has 9 nitrogen and oxygen atoms in total. The van der Waals surface area contributed by atoms with Crippen molar-refractivity contribution in [2.45, 2.75) is 37.0 Å². The van der Waals surface area contributed by atoms with Gasteiger partial charge in [0.1, 0.15) is 0 Å². The first-order valence-corrected chi connectivity index (χ1v) is 8.57. The van der Waals surface area contributed by atoms with Crippen LogP contribution in [0.3, 0.4) is 0 Å². The Morgan fingerprint density at radius 3 is 2.96 bits per heavy atom. The molecule has 0 aromatic carbocycles. The summed E-state index contributed by atoms with van der Waals surface area (Å²) in [5.74, 6) is -0.438. The highest BCUT2D eigenvalue weighted by atomic mass is 32.2. The number of aliphatic hydroxyl groups is 2. The van der Waals surface area contributed by atoms with Gasteiger partial charge in [-0.3, -0.25) is 19.9 Å². The van der Waals surface area contributed by atoms with Gasteiger partial charge in [-0.15, -0.1) is 11.8 Å². The predicted octanol–water partition coefficient (Wildman–Crippen LogP) is 0.0714. The molecule has 2 aromatic rings. The summed E-state index contributed by atoms with van der Waals surface area (Å²) in [6.45, 7) is 3.35. The Balaban J connectivity index is 1.97. The SMILES string of the molecule is CC(C)C(=O)Nc1nc2c(ncn2[C@H]2C[C@H](O)[C@@H](CO)S2)c(=O)[nH]1. The van der Waals surface area contributed by atoms with Crippen LogP contribution in [0, 0.1) is 5.92 Å². The number of aliphatic hydroxyl groups excluding tert-OH is 2. The number of nitrogens with one attached hydrogen (secondary N) is 2. The fourth-order valence-corrected chi connectivity index (χ4v) is 3.88.